The standard InChI is InChI=1S/C12H17BrN2OS/c1-5-10(15-17(16)12(2,3)4)9-6-7-11(13)14-8-9/h5-8,15H,1-4H3. The summed E-state index contributed by atoms with van der Waals surface area (Å²) in [7, 11) is -1.13. The fraction of sp³-hybridized carbons (Fsp3) is 0.417. The fourth-order valence-electron chi connectivity index (χ4n) is 1.07. The van der Waals surface area contributed by atoms with Crippen LogP contribution in [0, 0.1) is 0 Å². The van der Waals surface area contributed by atoms with Gasteiger partial charge >= 0.3 is 0 Å². The molecule has 1 rings (SSSR count). The number of allylic oxidation sites excluding steroid dienone is 1. The fourth-order valence-corrected chi connectivity index (χ4v) is 2.05. The molecule has 1 N–H and O–H groups in total. The largest absolute Gasteiger partial charge is 0.304 e. The van der Waals surface area contributed by atoms with E-state index >= 15 is 0 Å². The zero-order valence-corrected chi connectivity index (χ0v) is 12.9. The highest BCUT2D eigenvalue weighted by atomic mass is 79.9. The topological polar surface area (TPSA) is 42.0 Å². The first kappa shape index (κ1) is 14.4. The summed E-state index contributed by atoms with van der Waals surface area (Å²) in [5, 5.41) is 0. The van der Waals surface area contributed by atoms with Crippen molar-refractivity contribution in [1.82, 2.24) is 9.71 Å². The molecule has 0 aliphatic heterocycles. The maximum Gasteiger partial charge on any atom is 0.122 e. The van der Waals surface area contributed by atoms with Crippen LogP contribution in [0.1, 0.15) is 33.3 Å². The Balaban J connectivity index is 2.88. The smallest absolute Gasteiger partial charge is 0.122 e. The van der Waals surface area contributed by atoms with Crippen molar-refractivity contribution in [3.8, 4) is 0 Å². The first-order valence-electron chi connectivity index (χ1n) is 5.31. The second-order valence-corrected chi connectivity index (χ2v) is 7.33. The molecule has 1 aromatic heterocycles. The minimum Gasteiger partial charge on any atom is -0.304 e. The summed E-state index contributed by atoms with van der Waals surface area (Å²) in [5.74, 6) is 0. The van der Waals surface area contributed by atoms with E-state index in [0.29, 0.717) is 0 Å². The van der Waals surface area contributed by atoms with Gasteiger partial charge in [-0.05, 0) is 55.8 Å². The molecule has 0 saturated heterocycles. The van der Waals surface area contributed by atoms with Crippen molar-refractivity contribution in [3.63, 3.8) is 0 Å². The molecule has 0 spiro atoms. The Labute approximate surface area is 113 Å². The van der Waals surface area contributed by atoms with Gasteiger partial charge in [0.25, 0.3) is 0 Å². The lowest BCUT2D eigenvalue weighted by Crippen LogP contribution is -2.32. The van der Waals surface area contributed by atoms with Crippen LogP contribution in [-0.4, -0.2) is 13.9 Å². The summed E-state index contributed by atoms with van der Waals surface area (Å²) >= 11 is 3.29. The van der Waals surface area contributed by atoms with E-state index in [1.165, 1.54) is 0 Å². The van der Waals surface area contributed by atoms with Crippen LogP contribution >= 0.6 is 15.9 Å². The van der Waals surface area contributed by atoms with Gasteiger partial charge in [0.15, 0.2) is 0 Å². The first-order chi connectivity index (χ1) is 7.84. The van der Waals surface area contributed by atoms with E-state index in [0.717, 1.165) is 15.9 Å². The van der Waals surface area contributed by atoms with Gasteiger partial charge in [-0.15, -0.1) is 0 Å². The number of halogens is 1. The molecule has 1 atom stereocenters. The Hall–Kier alpha value is -0.680. The van der Waals surface area contributed by atoms with Crippen molar-refractivity contribution < 1.29 is 4.21 Å². The monoisotopic (exact) mass is 316 g/mol. The van der Waals surface area contributed by atoms with Crippen molar-refractivity contribution in [1.29, 1.82) is 0 Å². The van der Waals surface area contributed by atoms with Crippen LogP contribution in [0.15, 0.2) is 29.0 Å². The van der Waals surface area contributed by atoms with Crippen molar-refractivity contribution in [3.05, 3.63) is 34.6 Å². The SMILES string of the molecule is CC=C(NS(=O)C(C)(C)C)c1ccc(Br)nc1. The molecule has 0 fully saturated rings. The summed E-state index contributed by atoms with van der Waals surface area (Å²) in [4.78, 5) is 4.15. The van der Waals surface area contributed by atoms with Crippen LogP contribution in [-0.2, 0) is 11.0 Å². The van der Waals surface area contributed by atoms with Gasteiger partial charge in [-0.25, -0.2) is 9.19 Å². The predicted molar refractivity (Wildman–Crippen MR) is 76.6 cm³/mol. The van der Waals surface area contributed by atoms with E-state index in [2.05, 4.69) is 25.6 Å². The van der Waals surface area contributed by atoms with Gasteiger partial charge in [-0.1, -0.05) is 6.08 Å². The van der Waals surface area contributed by atoms with Crippen LogP contribution in [0.25, 0.3) is 5.70 Å². The third-order valence-electron chi connectivity index (χ3n) is 2.09. The highest BCUT2D eigenvalue weighted by molar-refractivity contribution is 9.10. The molecule has 1 unspecified atom stereocenters. The van der Waals surface area contributed by atoms with E-state index in [1.54, 1.807) is 6.20 Å². The quantitative estimate of drug-likeness (QED) is 0.870. The number of hydrogen-bond donors (Lipinski definition) is 1. The zero-order chi connectivity index (χ0) is 13.1. The van der Waals surface area contributed by atoms with Gasteiger partial charge in [0.2, 0.25) is 0 Å². The van der Waals surface area contributed by atoms with Crippen LogP contribution in [0.3, 0.4) is 0 Å². The molecular weight excluding hydrogens is 300 g/mol. The van der Waals surface area contributed by atoms with Gasteiger partial charge in [0.05, 0.1) is 10.4 Å². The molecule has 0 amide bonds. The molecule has 5 heteroatoms. The van der Waals surface area contributed by atoms with Crippen molar-refractivity contribution in [2.45, 2.75) is 32.4 Å². The van der Waals surface area contributed by atoms with E-state index < -0.39 is 11.0 Å². The molecule has 0 radical (unpaired) electrons. The lowest BCUT2D eigenvalue weighted by Gasteiger charge is -2.20. The Morgan fingerprint density at radius 2 is 2.12 bits per heavy atom. The first-order valence-corrected chi connectivity index (χ1v) is 7.25. The summed E-state index contributed by atoms with van der Waals surface area (Å²) < 4.78 is 15.5. The number of pyridine rings is 1. The van der Waals surface area contributed by atoms with Crippen molar-refractivity contribution in [2.75, 3.05) is 0 Å². The number of hydrogen-bond acceptors (Lipinski definition) is 2. The van der Waals surface area contributed by atoms with Gasteiger partial charge < -0.3 is 4.72 Å². The third kappa shape index (κ3) is 4.24. The Kier molecular flexibility index (Phi) is 4.89. The minimum absolute atomic E-state index is 0.295. The molecule has 94 valence electrons. The second-order valence-electron chi connectivity index (χ2n) is 4.56. The highest BCUT2D eigenvalue weighted by Crippen LogP contribution is 2.17. The van der Waals surface area contributed by atoms with Crippen LogP contribution < -0.4 is 4.72 Å². The average Bonchev–Trinajstić information content (AvgIpc) is 2.25. The third-order valence-corrected chi connectivity index (χ3v) is 4.07. The van der Waals surface area contributed by atoms with E-state index in [1.807, 2.05) is 45.9 Å². The lowest BCUT2D eigenvalue weighted by molar-refractivity contribution is 0.645. The predicted octanol–water partition coefficient (Wildman–Crippen LogP) is 3.26. The maximum absolute atomic E-state index is 12.0. The molecule has 1 aromatic rings. The number of rotatable bonds is 3. The van der Waals surface area contributed by atoms with Crippen molar-refractivity contribution >= 4 is 32.6 Å². The molecule has 17 heavy (non-hydrogen) atoms. The molecular formula is C12H17BrN2OS. The Bertz CT molecular complexity index is 435. The normalized spacial score (nSPS) is 14.5. The van der Waals surface area contributed by atoms with Crippen molar-refractivity contribution in [2.24, 2.45) is 0 Å². The maximum atomic E-state index is 12.0. The minimum atomic E-state index is -1.13. The zero-order valence-electron chi connectivity index (χ0n) is 10.5. The highest BCUT2D eigenvalue weighted by Gasteiger charge is 2.20. The molecule has 0 aromatic carbocycles. The van der Waals surface area contributed by atoms with Gasteiger partial charge in [0.1, 0.15) is 15.6 Å². The molecule has 0 aliphatic rings. The second kappa shape index (κ2) is 5.78. The van der Waals surface area contributed by atoms with Crippen LogP contribution in [0.5, 0.6) is 0 Å². The number of nitrogens with one attached hydrogen (secondary N) is 1. The van der Waals surface area contributed by atoms with Crippen LogP contribution in [0.4, 0.5) is 0 Å². The lowest BCUT2D eigenvalue weighted by atomic mass is 10.2. The van der Waals surface area contributed by atoms with Crippen LogP contribution in [0.2, 0.25) is 0 Å². The molecule has 0 aliphatic carbocycles. The number of nitrogens with zero attached hydrogens (tertiary/aromatic N) is 1. The molecule has 3 nitrogen and oxygen atoms in total. The summed E-state index contributed by atoms with van der Waals surface area (Å²) in [5.41, 5.74) is 1.76. The summed E-state index contributed by atoms with van der Waals surface area (Å²) in [6.45, 7) is 7.71. The Morgan fingerprint density at radius 3 is 2.53 bits per heavy atom. The van der Waals surface area contributed by atoms with E-state index in [-0.39, 0.29) is 4.75 Å². The summed E-state index contributed by atoms with van der Waals surface area (Å²) in [6, 6.07) is 3.79. The molecule has 1 heterocycles. The molecule has 0 bridgehead atoms. The van der Waals surface area contributed by atoms with Gasteiger partial charge in [-0.3, -0.25) is 0 Å². The van der Waals surface area contributed by atoms with E-state index in [9.17, 15) is 4.21 Å². The van der Waals surface area contributed by atoms with Gasteiger partial charge in [0, 0.05) is 11.8 Å². The average molecular weight is 317 g/mol. The molecule has 0 saturated carbocycles. The van der Waals surface area contributed by atoms with Gasteiger partial charge in [-0.2, -0.15) is 0 Å². The Morgan fingerprint density at radius 1 is 1.47 bits per heavy atom. The summed E-state index contributed by atoms with van der Waals surface area (Å²) in [6.07, 6.45) is 3.64. The number of aromatic nitrogens is 1. The van der Waals surface area contributed by atoms with E-state index in [4.69, 9.17) is 0 Å².